The van der Waals surface area contributed by atoms with Crippen molar-refractivity contribution in [2.45, 2.75) is 0 Å². The van der Waals surface area contributed by atoms with Crippen molar-refractivity contribution < 1.29 is 14.0 Å². The van der Waals surface area contributed by atoms with Crippen LogP contribution in [0.15, 0.2) is 48.5 Å². The predicted octanol–water partition coefficient (Wildman–Crippen LogP) is 2.52. The van der Waals surface area contributed by atoms with Gasteiger partial charge in [0.15, 0.2) is 0 Å². The molecule has 0 aliphatic carbocycles. The molecule has 0 amide bonds. The lowest BCUT2D eigenvalue weighted by Crippen LogP contribution is -2.11. The smallest absolute Gasteiger partial charge is 0.357 e. The van der Waals surface area contributed by atoms with Gasteiger partial charge in [0, 0.05) is 0 Å². The molecule has 0 saturated heterocycles. The topological polar surface area (TPSA) is 52.3 Å². The molecule has 0 bridgehead atoms. The highest BCUT2D eigenvalue weighted by Gasteiger charge is 2.14. The molecule has 0 aliphatic heterocycles. The van der Waals surface area contributed by atoms with Crippen molar-refractivity contribution >= 4 is 5.97 Å². The Hall–Kier alpha value is -2.20. The van der Waals surface area contributed by atoms with Crippen LogP contribution in [-0.2, 0) is 4.84 Å². The van der Waals surface area contributed by atoms with E-state index in [0.29, 0.717) is 5.56 Å². The van der Waals surface area contributed by atoms with Gasteiger partial charge in [-0.15, -0.1) is 0 Å². The van der Waals surface area contributed by atoms with Gasteiger partial charge < -0.3 is 4.84 Å². The Balaban J connectivity index is 2.59. The maximum Gasteiger partial charge on any atom is 0.357 e. The summed E-state index contributed by atoms with van der Waals surface area (Å²) in [5.41, 5.74) is 1.42. The Bertz CT molecular complexity index is 540. The van der Waals surface area contributed by atoms with E-state index >= 15 is 0 Å². The Morgan fingerprint density at radius 1 is 1.12 bits per heavy atom. The third-order valence-electron chi connectivity index (χ3n) is 2.39. The molecular formula is C13H10FNO2. The Morgan fingerprint density at radius 3 is 2.47 bits per heavy atom. The van der Waals surface area contributed by atoms with Crippen LogP contribution in [0, 0.1) is 5.82 Å². The maximum absolute atomic E-state index is 13.2. The van der Waals surface area contributed by atoms with Gasteiger partial charge in [0.25, 0.3) is 0 Å². The number of hydrogen-bond donors (Lipinski definition) is 1. The number of nitrogens with two attached hydrogens (primary N) is 1. The first-order valence-corrected chi connectivity index (χ1v) is 4.98. The molecule has 0 heterocycles. The van der Waals surface area contributed by atoms with E-state index in [1.165, 1.54) is 18.2 Å². The molecule has 2 aromatic rings. The summed E-state index contributed by atoms with van der Waals surface area (Å²) in [4.78, 5) is 15.6. The zero-order valence-electron chi connectivity index (χ0n) is 8.89. The van der Waals surface area contributed by atoms with Crippen LogP contribution in [0.4, 0.5) is 4.39 Å². The quantitative estimate of drug-likeness (QED) is 0.808. The average Bonchev–Trinajstić information content (AvgIpc) is 2.39. The minimum Gasteiger partial charge on any atom is -0.370 e. The minimum atomic E-state index is -0.691. The molecule has 2 rings (SSSR count). The molecule has 0 spiro atoms. The molecule has 86 valence electrons. The van der Waals surface area contributed by atoms with Gasteiger partial charge in [0.1, 0.15) is 5.82 Å². The van der Waals surface area contributed by atoms with Gasteiger partial charge in [0.2, 0.25) is 0 Å². The van der Waals surface area contributed by atoms with Gasteiger partial charge in [0.05, 0.1) is 5.56 Å². The molecular weight excluding hydrogens is 221 g/mol. The second-order valence-electron chi connectivity index (χ2n) is 3.46. The predicted molar refractivity (Wildman–Crippen MR) is 61.4 cm³/mol. The Morgan fingerprint density at radius 2 is 1.82 bits per heavy atom. The van der Waals surface area contributed by atoms with Gasteiger partial charge in [-0.3, -0.25) is 0 Å². The van der Waals surface area contributed by atoms with Gasteiger partial charge in [-0.1, -0.05) is 30.3 Å². The molecule has 4 heteroatoms. The third kappa shape index (κ3) is 2.32. The first-order valence-electron chi connectivity index (χ1n) is 4.98. The number of carbonyl (C=O) groups excluding carboxylic acids is 1. The molecule has 0 radical (unpaired) electrons. The summed E-state index contributed by atoms with van der Waals surface area (Å²) in [7, 11) is 0. The highest BCUT2D eigenvalue weighted by molar-refractivity contribution is 5.97. The van der Waals surface area contributed by atoms with Crippen molar-refractivity contribution in [2.75, 3.05) is 0 Å². The van der Waals surface area contributed by atoms with Gasteiger partial charge in [-0.2, -0.15) is 5.90 Å². The summed E-state index contributed by atoms with van der Waals surface area (Å²) < 4.78 is 13.2. The van der Waals surface area contributed by atoms with E-state index in [1.54, 1.807) is 24.3 Å². The summed E-state index contributed by atoms with van der Waals surface area (Å²) in [6.07, 6.45) is 0. The second-order valence-corrected chi connectivity index (χ2v) is 3.46. The Kier molecular flexibility index (Phi) is 3.16. The minimum absolute atomic E-state index is 0.236. The standard InChI is InChI=1S/C13H10FNO2/c14-10-6-7-11(13(16)17-15)12(8-10)9-4-2-1-3-5-9/h1-8H,15H2. The Labute approximate surface area is 97.6 Å². The van der Waals surface area contributed by atoms with Crippen molar-refractivity contribution in [2.24, 2.45) is 5.90 Å². The summed E-state index contributed by atoms with van der Waals surface area (Å²) in [5, 5.41) is 0. The van der Waals surface area contributed by atoms with Crippen molar-refractivity contribution in [3.63, 3.8) is 0 Å². The van der Waals surface area contributed by atoms with Crippen LogP contribution in [0.2, 0.25) is 0 Å². The highest BCUT2D eigenvalue weighted by atomic mass is 19.1. The first kappa shape index (κ1) is 11.3. The molecule has 0 atom stereocenters. The van der Waals surface area contributed by atoms with E-state index in [-0.39, 0.29) is 5.56 Å². The van der Waals surface area contributed by atoms with Crippen molar-refractivity contribution in [1.82, 2.24) is 0 Å². The van der Waals surface area contributed by atoms with Crippen LogP contribution in [-0.4, -0.2) is 5.97 Å². The largest absolute Gasteiger partial charge is 0.370 e. The van der Waals surface area contributed by atoms with Gasteiger partial charge >= 0.3 is 5.97 Å². The molecule has 0 aliphatic rings. The van der Waals surface area contributed by atoms with E-state index < -0.39 is 11.8 Å². The molecule has 0 saturated carbocycles. The summed E-state index contributed by atoms with van der Waals surface area (Å²) in [5.74, 6) is 3.74. The van der Waals surface area contributed by atoms with Crippen molar-refractivity contribution in [3.8, 4) is 11.1 Å². The van der Waals surface area contributed by atoms with Crippen LogP contribution in [0.25, 0.3) is 11.1 Å². The van der Waals surface area contributed by atoms with Gasteiger partial charge in [-0.05, 0) is 29.3 Å². The van der Waals surface area contributed by atoms with Crippen molar-refractivity contribution in [3.05, 3.63) is 59.9 Å². The summed E-state index contributed by atoms with van der Waals surface area (Å²) in [6, 6.07) is 12.8. The lowest BCUT2D eigenvalue weighted by molar-refractivity contribution is 0.0504. The summed E-state index contributed by atoms with van der Waals surface area (Å²) >= 11 is 0. The number of benzene rings is 2. The molecule has 0 fully saturated rings. The van der Waals surface area contributed by atoms with Crippen LogP contribution in [0.5, 0.6) is 0 Å². The number of rotatable bonds is 2. The number of carbonyl (C=O) groups is 1. The highest BCUT2D eigenvalue weighted by Crippen LogP contribution is 2.24. The fourth-order valence-corrected chi connectivity index (χ4v) is 1.61. The van der Waals surface area contributed by atoms with E-state index in [2.05, 4.69) is 4.84 Å². The van der Waals surface area contributed by atoms with Crippen molar-refractivity contribution in [1.29, 1.82) is 0 Å². The van der Waals surface area contributed by atoms with E-state index in [0.717, 1.165) is 5.56 Å². The van der Waals surface area contributed by atoms with E-state index in [9.17, 15) is 9.18 Å². The first-order chi connectivity index (χ1) is 8.22. The lowest BCUT2D eigenvalue weighted by Gasteiger charge is -2.07. The van der Waals surface area contributed by atoms with E-state index in [1.807, 2.05) is 6.07 Å². The average molecular weight is 231 g/mol. The third-order valence-corrected chi connectivity index (χ3v) is 2.39. The van der Waals surface area contributed by atoms with Gasteiger partial charge in [-0.25, -0.2) is 9.18 Å². The zero-order valence-corrected chi connectivity index (χ0v) is 8.89. The summed E-state index contributed by atoms with van der Waals surface area (Å²) in [6.45, 7) is 0. The molecule has 2 N–H and O–H groups in total. The SMILES string of the molecule is NOC(=O)c1ccc(F)cc1-c1ccccc1. The fraction of sp³-hybridized carbons (Fsp3) is 0. The van der Waals surface area contributed by atoms with Crippen LogP contribution in [0.1, 0.15) is 10.4 Å². The normalized spacial score (nSPS) is 10.0. The molecule has 3 nitrogen and oxygen atoms in total. The molecule has 17 heavy (non-hydrogen) atoms. The molecule has 0 unspecified atom stereocenters. The lowest BCUT2D eigenvalue weighted by atomic mass is 10.00. The fourth-order valence-electron chi connectivity index (χ4n) is 1.61. The maximum atomic E-state index is 13.2. The second kappa shape index (κ2) is 4.76. The zero-order chi connectivity index (χ0) is 12.3. The number of halogens is 1. The molecule has 0 aromatic heterocycles. The number of hydrogen-bond acceptors (Lipinski definition) is 3. The van der Waals surface area contributed by atoms with Crippen LogP contribution < -0.4 is 5.90 Å². The molecule has 2 aromatic carbocycles. The van der Waals surface area contributed by atoms with E-state index in [4.69, 9.17) is 5.90 Å². The van der Waals surface area contributed by atoms with Crippen LogP contribution >= 0.6 is 0 Å². The monoisotopic (exact) mass is 231 g/mol. The van der Waals surface area contributed by atoms with Crippen LogP contribution in [0.3, 0.4) is 0 Å².